The smallest absolute Gasteiger partial charge is 0.404 e. The van der Waals surface area contributed by atoms with Crippen LogP contribution in [0.15, 0.2) is 0 Å². The maximum Gasteiger partial charge on any atom is 0.404 e. The number of amides is 1. The second kappa shape index (κ2) is 5.94. The van der Waals surface area contributed by atoms with Crippen molar-refractivity contribution in [3.05, 3.63) is 0 Å². The summed E-state index contributed by atoms with van der Waals surface area (Å²) < 4.78 is 0. The van der Waals surface area contributed by atoms with E-state index >= 15 is 0 Å². The fourth-order valence-corrected chi connectivity index (χ4v) is 0.624. The summed E-state index contributed by atoms with van der Waals surface area (Å²) in [5.41, 5.74) is 0. The minimum Gasteiger partial charge on any atom is -0.465 e. The molecule has 0 spiro atoms. The van der Waals surface area contributed by atoms with Gasteiger partial charge < -0.3 is 20.6 Å². The van der Waals surface area contributed by atoms with Gasteiger partial charge in [-0.05, 0) is 12.8 Å². The Bertz CT molecular complexity index is 117. The van der Waals surface area contributed by atoms with Crippen LogP contribution in [-0.4, -0.2) is 40.7 Å². The van der Waals surface area contributed by atoms with Crippen LogP contribution in [0, 0.1) is 0 Å². The second-order valence-electron chi connectivity index (χ2n) is 2.21. The van der Waals surface area contributed by atoms with Crippen LogP contribution >= 0.6 is 0 Å². The van der Waals surface area contributed by atoms with Crippen LogP contribution in [0.3, 0.4) is 0 Å². The van der Waals surface area contributed by atoms with Gasteiger partial charge >= 0.3 is 6.09 Å². The van der Waals surface area contributed by atoms with Gasteiger partial charge in [-0.15, -0.1) is 0 Å². The SMILES string of the molecule is O=C(O)NCCCC(O)CO. The molecular weight excluding hydrogens is 150 g/mol. The van der Waals surface area contributed by atoms with E-state index in [-0.39, 0.29) is 6.61 Å². The summed E-state index contributed by atoms with van der Waals surface area (Å²) in [7, 11) is 0. The highest BCUT2D eigenvalue weighted by molar-refractivity contribution is 5.64. The zero-order chi connectivity index (χ0) is 8.69. The van der Waals surface area contributed by atoms with Crippen molar-refractivity contribution in [1.82, 2.24) is 5.32 Å². The molecule has 1 amide bonds. The number of rotatable bonds is 5. The Morgan fingerprint density at radius 3 is 2.64 bits per heavy atom. The van der Waals surface area contributed by atoms with Crippen molar-refractivity contribution in [3.63, 3.8) is 0 Å². The molecule has 1 unspecified atom stereocenters. The van der Waals surface area contributed by atoms with Gasteiger partial charge in [-0.3, -0.25) is 0 Å². The summed E-state index contributed by atoms with van der Waals surface area (Å²) in [6.45, 7) is 0.0411. The Morgan fingerprint density at radius 1 is 1.55 bits per heavy atom. The molecule has 4 N–H and O–H groups in total. The van der Waals surface area contributed by atoms with Gasteiger partial charge in [0.05, 0.1) is 12.7 Å². The Labute approximate surface area is 64.7 Å². The van der Waals surface area contributed by atoms with Gasteiger partial charge in [-0.1, -0.05) is 0 Å². The van der Waals surface area contributed by atoms with Gasteiger partial charge in [0, 0.05) is 6.54 Å². The Hall–Kier alpha value is -0.810. The lowest BCUT2D eigenvalue weighted by molar-refractivity contribution is 0.0865. The molecule has 0 aliphatic carbocycles. The quantitative estimate of drug-likeness (QED) is 0.407. The van der Waals surface area contributed by atoms with E-state index in [4.69, 9.17) is 15.3 Å². The summed E-state index contributed by atoms with van der Waals surface area (Å²) >= 11 is 0. The largest absolute Gasteiger partial charge is 0.465 e. The van der Waals surface area contributed by atoms with E-state index in [1.165, 1.54) is 0 Å². The average Bonchev–Trinajstić information content (AvgIpc) is 1.97. The zero-order valence-electron chi connectivity index (χ0n) is 6.16. The third-order valence-corrected chi connectivity index (χ3v) is 1.20. The highest BCUT2D eigenvalue weighted by Crippen LogP contribution is 1.93. The summed E-state index contributed by atoms with van der Waals surface area (Å²) in [4.78, 5) is 9.89. The number of hydrogen-bond acceptors (Lipinski definition) is 3. The first-order valence-corrected chi connectivity index (χ1v) is 3.42. The van der Waals surface area contributed by atoms with Gasteiger partial charge in [0.15, 0.2) is 0 Å². The van der Waals surface area contributed by atoms with E-state index in [2.05, 4.69) is 5.32 Å². The van der Waals surface area contributed by atoms with Crippen molar-refractivity contribution in [2.24, 2.45) is 0 Å². The Balaban J connectivity index is 3.08. The molecule has 66 valence electrons. The van der Waals surface area contributed by atoms with Gasteiger partial charge in [-0.2, -0.15) is 0 Å². The van der Waals surface area contributed by atoms with E-state index in [1.54, 1.807) is 0 Å². The first-order chi connectivity index (χ1) is 5.16. The summed E-state index contributed by atoms with van der Waals surface area (Å²) in [5.74, 6) is 0. The lowest BCUT2D eigenvalue weighted by Crippen LogP contribution is -2.23. The van der Waals surface area contributed by atoms with Gasteiger partial charge in [-0.25, -0.2) is 4.79 Å². The van der Waals surface area contributed by atoms with Gasteiger partial charge in [0.1, 0.15) is 0 Å². The normalized spacial score (nSPS) is 12.5. The predicted molar refractivity (Wildman–Crippen MR) is 38.4 cm³/mol. The molecular formula is C6H13NO4. The predicted octanol–water partition coefficient (Wildman–Crippen LogP) is -0.613. The van der Waals surface area contributed by atoms with Crippen LogP contribution in [0.1, 0.15) is 12.8 Å². The van der Waals surface area contributed by atoms with Crippen molar-refractivity contribution in [1.29, 1.82) is 0 Å². The topological polar surface area (TPSA) is 89.8 Å². The van der Waals surface area contributed by atoms with E-state index in [0.717, 1.165) is 0 Å². The molecule has 0 bridgehead atoms. The summed E-state index contributed by atoms with van der Waals surface area (Å²) in [6.07, 6.45) is -0.848. The van der Waals surface area contributed by atoms with E-state index in [9.17, 15) is 4.79 Å². The molecule has 5 heteroatoms. The molecule has 0 aromatic heterocycles. The van der Waals surface area contributed by atoms with Crippen molar-refractivity contribution in [2.75, 3.05) is 13.2 Å². The minimum absolute atomic E-state index is 0.271. The molecule has 0 aliphatic rings. The molecule has 0 rings (SSSR count). The number of hydrogen-bond donors (Lipinski definition) is 4. The molecule has 0 fully saturated rings. The maximum atomic E-state index is 9.89. The lowest BCUT2D eigenvalue weighted by atomic mass is 10.2. The second-order valence-corrected chi connectivity index (χ2v) is 2.21. The van der Waals surface area contributed by atoms with Crippen LogP contribution in [0.2, 0.25) is 0 Å². The molecule has 0 aliphatic heterocycles. The molecule has 0 heterocycles. The molecule has 11 heavy (non-hydrogen) atoms. The highest BCUT2D eigenvalue weighted by atomic mass is 16.4. The highest BCUT2D eigenvalue weighted by Gasteiger charge is 2.00. The molecule has 0 radical (unpaired) electrons. The summed E-state index contributed by atoms with van der Waals surface area (Å²) in [6, 6.07) is 0. The molecule has 0 aromatic rings. The maximum absolute atomic E-state index is 9.89. The molecule has 5 nitrogen and oxygen atoms in total. The van der Waals surface area contributed by atoms with Crippen molar-refractivity contribution in [2.45, 2.75) is 18.9 Å². The fourth-order valence-electron chi connectivity index (χ4n) is 0.624. The number of carboxylic acid groups (broad SMARTS) is 1. The first-order valence-electron chi connectivity index (χ1n) is 3.42. The summed E-state index contributed by atoms with van der Waals surface area (Å²) in [5, 5.41) is 27.4. The van der Waals surface area contributed by atoms with E-state index in [1.807, 2.05) is 0 Å². The van der Waals surface area contributed by atoms with Gasteiger partial charge in [0.2, 0.25) is 0 Å². The monoisotopic (exact) mass is 163 g/mol. The van der Waals surface area contributed by atoms with Crippen molar-refractivity contribution < 1.29 is 20.1 Å². The van der Waals surface area contributed by atoms with Crippen LogP contribution in [-0.2, 0) is 0 Å². The van der Waals surface area contributed by atoms with E-state index < -0.39 is 12.2 Å². The van der Waals surface area contributed by atoms with E-state index in [0.29, 0.717) is 19.4 Å². The zero-order valence-corrected chi connectivity index (χ0v) is 6.16. The average molecular weight is 163 g/mol. The van der Waals surface area contributed by atoms with Crippen LogP contribution in [0.5, 0.6) is 0 Å². The number of aliphatic hydroxyl groups is 2. The van der Waals surface area contributed by atoms with Crippen LogP contribution < -0.4 is 5.32 Å². The molecule has 0 aromatic carbocycles. The Morgan fingerprint density at radius 2 is 2.18 bits per heavy atom. The Kier molecular flexibility index (Phi) is 5.50. The molecule has 0 saturated carbocycles. The molecule has 0 saturated heterocycles. The third-order valence-electron chi connectivity index (χ3n) is 1.20. The number of aliphatic hydroxyl groups excluding tert-OH is 2. The lowest BCUT2D eigenvalue weighted by Gasteiger charge is -2.05. The first kappa shape index (κ1) is 10.2. The molecule has 1 atom stereocenters. The standard InChI is InChI=1S/C6H13NO4/c8-4-5(9)2-1-3-7-6(10)11/h5,7-9H,1-4H2,(H,10,11). The number of nitrogens with one attached hydrogen (secondary N) is 1. The van der Waals surface area contributed by atoms with Crippen LogP contribution in [0.25, 0.3) is 0 Å². The number of carbonyl (C=O) groups is 1. The van der Waals surface area contributed by atoms with Crippen molar-refractivity contribution in [3.8, 4) is 0 Å². The van der Waals surface area contributed by atoms with Crippen LogP contribution in [0.4, 0.5) is 4.79 Å². The fraction of sp³-hybridized carbons (Fsp3) is 0.833. The van der Waals surface area contributed by atoms with Gasteiger partial charge in [0.25, 0.3) is 0 Å². The third kappa shape index (κ3) is 7.08. The minimum atomic E-state index is -1.07. The van der Waals surface area contributed by atoms with Crippen molar-refractivity contribution >= 4 is 6.09 Å².